The molecule has 0 bridgehead atoms. The molecule has 242 valence electrons. The van der Waals surface area contributed by atoms with E-state index >= 15 is 0 Å². The zero-order chi connectivity index (χ0) is 32.6. The number of benzene rings is 6. The Balaban J connectivity index is 1.64. The second-order valence-electron chi connectivity index (χ2n) is 13.5. The molecule has 0 spiro atoms. The minimum Gasteiger partial charge on any atom is -0.421 e. The van der Waals surface area contributed by atoms with Crippen molar-refractivity contribution < 1.29 is 4.80 Å². The van der Waals surface area contributed by atoms with Crippen LogP contribution >= 0.6 is 0 Å². The monoisotopic (exact) mass is 636 g/mol. The lowest BCUT2D eigenvalue weighted by Crippen LogP contribution is -2.68. The van der Waals surface area contributed by atoms with Gasteiger partial charge in [-0.15, -0.1) is 0 Å². The molecule has 6 rings (SSSR count). The molecular formula is C45H52OSi. The van der Waals surface area contributed by atoms with Gasteiger partial charge in [0.25, 0.3) is 8.32 Å². The van der Waals surface area contributed by atoms with Gasteiger partial charge < -0.3 is 4.80 Å². The predicted octanol–water partition coefficient (Wildman–Crippen LogP) is 10.3. The number of unbranched alkanes of at least 4 members (excludes halogenated alkanes) is 6. The molecule has 0 fully saturated rings. The summed E-state index contributed by atoms with van der Waals surface area (Å²) in [5.41, 5.74) is 4.17. The Kier molecular flexibility index (Phi) is 10.9. The van der Waals surface area contributed by atoms with Crippen molar-refractivity contribution in [2.45, 2.75) is 97.8 Å². The standard InChI is InChI=1S/C45H52OSi/c1-4-7-10-19-34-28-31-43(40-25-16-13-22-37(34)40)47(46,44-32-29-35(20-11-8-5-2)38-23-14-17-26-41(38)44)45-33-30-36(21-12-9-6-3)39-24-15-18-27-42(39)45/h13-18,22-33,46H,4-12,19-21H2,1-3H3. The van der Waals surface area contributed by atoms with E-state index in [0.717, 1.165) is 34.8 Å². The molecule has 0 aliphatic heterocycles. The zero-order valence-electron chi connectivity index (χ0n) is 28.8. The SMILES string of the molecule is CCCCCc1ccc([Si](O)(c2ccc(CCCCC)c3ccccc23)c2ccc(CCCCC)c3ccccc23)c2ccccc12. The van der Waals surface area contributed by atoms with Gasteiger partial charge in [-0.25, -0.2) is 0 Å². The molecule has 0 amide bonds. The molecule has 0 unspecified atom stereocenters. The van der Waals surface area contributed by atoms with Crippen LogP contribution < -0.4 is 15.6 Å². The smallest absolute Gasteiger partial charge is 0.287 e. The molecule has 2 heteroatoms. The maximum absolute atomic E-state index is 14.0. The summed E-state index contributed by atoms with van der Waals surface area (Å²) in [7, 11) is -3.55. The Morgan fingerprint density at radius 2 is 0.638 bits per heavy atom. The van der Waals surface area contributed by atoms with E-state index in [0.29, 0.717) is 0 Å². The predicted molar refractivity (Wildman–Crippen MR) is 208 cm³/mol. The van der Waals surface area contributed by atoms with E-state index in [1.165, 1.54) is 107 Å². The van der Waals surface area contributed by atoms with Crippen molar-refractivity contribution in [1.29, 1.82) is 0 Å². The van der Waals surface area contributed by atoms with Crippen molar-refractivity contribution >= 4 is 56.2 Å². The van der Waals surface area contributed by atoms with Gasteiger partial charge in [0.1, 0.15) is 0 Å². The van der Waals surface area contributed by atoms with Crippen LogP contribution in [0.4, 0.5) is 0 Å². The minimum absolute atomic E-state index is 1.07. The van der Waals surface area contributed by atoms with Crippen molar-refractivity contribution in [3.8, 4) is 0 Å². The third-order valence-electron chi connectivity index (χ3n) is 10.4. The van der Waals surface area contributed by atoms with Crippen LogP contribution in [0.25, 0.3) is 32.3 Å². The Bertz CT molecular complexity index is 1730. The number of rotatable bonds is 15. The second-order valence-corrected chi connectivity index (χ2v) is 16.6. The molecule has 0 atom stereocenters. The third kappa shape index (κ3) is 6.69. The fraction of sp³-hybridized carbons (Fsp3) is 0.333. The molecule has 0 radical (unpaired) electrons. The summed E-state index contributed by atoms with van der Waals surface area (Å²) in [5.74, 6) is 0. The highest BCUT2D eigenvalue weighted by molar-refractivity contribution is 7.09. The number of hydrogen-bond acceptors (Lipinski definition) is 1. The highest BCUT2D eigenvalue weighted by atomic mass is 28.4. The largest absolute Gasteiger partial charge is 0.421 e. The Labute approximate surface area is 283 Å². The fourth-order valence-electron chi connectivity index (χ4n) is 7.82. The van der Waals surface area contributed by atoms with E-state index in [-0.39, 0.29) is 0 Å². The summed E-state index contributed by atoms with van der Waals surface area (Å²) in [5, 5.41) is 10.7. The lowest BCUT2D eigenvalue weighted by molar-refractivity contribution is 0.584. The van der Waals surface area contributed by atoms with Gasteiger partial charge in [0.05, 0.1) is 0 Å². The lowest BCUT2D eigenvalue weighted by Gasteiger charge is -2.32. The van der Waals surface area contributed by atoms with Crippen LogP contribution in [-0.4, -0.2) is 13.1 Å². The van der Waals surface area contributed by atoms with Crippen molar-refractivity contribution in [2.24, 2.45) is 0 Å². The molecular weight excluding hydrogens is 585 g/mol. The van der Waals surface area contributed by atoms with Gasteiger partial charge in [-0.3, -0.25) is 0 Å². The molecule has 6 aromatic rings. The van der Waals surface area contributed by atoms with Gasteiger partial charge >= 0.3 is 0 Å². The third-order valence-corrected chi connectivity index (χ3v) is 14.0. The van der Waals surface area contributed by atoms with Crippen molar-refractivity contribution in [1.82, 2.24) is 0 Å². The molecule has 6 aromatic carbocycles. The quantitative estimate of drug-likeness (QED) is 0.0676. The summed E-state index contributed by atoms with van der Waals surface area (Å²) in [6, 6.07) is 40.4. The molecule has 1 nitrogen and oxygen atoms in total. The van der Waals surface area contributed by atoms with Gasteiger partial charge in [0.2, 0.25) is 0 Å². The first-order chi connectivity index (χ1) is 23.1. The first-order valence-electron chi connectivity index (χ1n) is 18.4. The summed E-state index contributed by atoms with van der Waals surface area (Å²) >= 11 is 0. The average Bonchev–Trinajstić information content (AvgIpc) is 3.11. The van der Waals surface area contributed by atoms with Gasteiger partial charge in [0, 0.05) is 0 Å². The minimum atomic E-state index is -3.55. The summed E-state index contributed by atoms with van der Waals surface area (Å²) < 4.78 is 0. The topological polar surface area (TPSA) is 20.2 Å². The summed E-state index contributed by atoms with van der Waals surface area (Å²) in [6.45, 7) is 6.81. The Morgan fingerprint density at radius 1 is 0.362 bits per heavy atom. The van der Waals surface area contributed by atoms with Crippen LogP contribution in [0.15, 0.2) is 109 Å². The molecule has 1 N–H and O–H groups in total. The van der Waals surface area contributed by atoms with E-state index in [1.54, 1.807) is 0 Å². The number of fused-ring (bicyclic) bond motifs is 3. The molecule has 0 saturated heterocycles. The fourth-order valence-corrected chi connectivity index (χ4v) is 11.5. The van der Waals surface area contributed by atoms with Gasteiger partial charge in [-0.2, -0.15) is 0 Å². The van der Waals surface area contributed by atoms with E-state index in [2.05, 4.69) is 130 Å². The maximum atomic E-state index is 14.0. The molecule has 0 aliphatic carbocycles. The summed E-state index contributed by atoms with van der Waals surface area (Å²) in [4.78, 5) is 14.0. The normalized spacial score (nSPS) is 12.0. The van der Waals surface area contributed by atoms with Crippen molar-refractivity contribution in [3.05, 3.63) is 126 Å². The van der Waals surface area contributed by atoms with Gasteiger partial charge in [-0.1, -0.05) is 168 Å². The highest BCUT2D eigenvalue weighted by Gasteiger charge is 2.42. The molecule has 0 aromatic heterocycles. The first-order valence-corrected chi connectivity index (χ1v) is 20.3. The van der Waals surface area contributed by atoms with Crippen molar-refractivity contribution in [3.63, 3.8) is 0 Å². The van der Waals surface area contributed by atoms with Crippen LogP contribution in [-0.2, 0) is 19.3 Å². The molecule has 47 heavy (non-hydrogen) atoms. The molecule has 0 heterocycles. The van der Waals surface area contributed by atoms with E-state index < -0.39 is 8.32 Å². The average molecular weight is 637 g/mol. The Morgan fingerprint density at radius 3 is 0.915 bits per heavy atom. The molecule has 0 saturated carbocycles. The first kappa shape index (κ1) is 33.2. The number of aryl methyl sites for hydroxylation is 3. The van der Waals surface area contributed by atoms with Crippen molar-refractivity contribution in [2.75, 3.05) is 0 Å². The van der Waals surface area contributed by atoms with E-state index in [1.807, 2.05) is 0 Å². The lowest BCUT2D eigenvalue weighted by atomic mass is 9.99. The maximum Gasteiger partial charge on any atom is 0.287 e. The van der Waals surface area contributed by atoms with Crippen LogP contribution in [0.5, 0.6) is 0 Å². The van der Waals surface area contributed by atoms with Crippen LogP contribution in [0.3, 0.4) is 0 Å². The van der Waals surface area contributed by atoms with E-state index in [4.69, 9.17) is 0 Å². The Hall–Kier alpha value is -3.72. The molecule has 0 aliphatic rings. The van der Waals surface area contributed by atoms with Crippen LogP contribution in [0.2, 0.25) is 0 Å². The van der Waals surface area contributed by atoms with E-state index in [9.17, 15) is 4.80 Å². The second kappa shape index (κ2) is 15.5. The highest BCUT2D eigenvalue weighted by Crippen LogP contribution is 2.28. The van der Waals surface area contributed by atoms with Crippen LogP contribution in [0.1, 0.15) is 95.2 Å². The van der Waals surface area contributed by atoms with Gasteiger partial charge in [-0.05, 0) is 103 Å². The number of hydrogen-bond donors (Lipinski definition) is 1. The zero-order valence-corrected chi connectivity index (χ0v) is 29.8. The summed E-state index contributed by atoms with van der Waals surface area (Å²) in [6.07, 6.45) is 14.1. The van der Waals surface area contributed by atoms with Crippen LogP contribution in [0, 0.1) is 0 Å². The van der Waals surface area contributed by atoms with Gasteiger partial charge in [0.15, 0.2) is 0 Å².